The Morgan fingerprint density at radius 3 is 2.21 bits per heavy atom. The average molecular weight is 461 g/mol. The first-order chi connectivity index (χ1) is 16.0. The van der Waals surface area contributed by atoms with E-state index in [1.165, 1.54) is 13.2 Å². The van der Waals surface area contributed by atoms with E-state index in [-0.39, 0.29) is 11.5 Å². The van der Waals surface area contributed by atoms with Crippen molar-refractivity contribution in [1.82, 2.24) is 5.32 Å². The van der Waals surface area contributed by atoms with Crippen molar-refractivity contribution in [2.45, 2.75) is 13.2 Å². The summed E-state index contributed by atoms with van der Waals surface area (Å²) < 4.78 is 10.4. The number of esters is 1. The summed E-state index contributed by atoms with van der Waals surface area (Å²) in [5.41, 5.74) is 2.96. The number of benzene rings is 3. The summed E-state index contributed by atoms with van der Waals surface area (Å²) in [5, 5.41) is 12.7. The maximum absolute atomic E-state index is 12.3. The number of nitrogens with zero attached hydrogens (tertiary/aromatic N) is 1. The van der Waals surface area contributed by atoms with Gasteiger partial charge in [0.15, 0.2) is 0 Å². The van der Waals surface area contributed by atoms with Crippen molar-refractivity contribution in [3.05, 3.63) is 106 Å². The molecule has 166 valence electrons. The van der Waals surface area contributed by atoms with Gasteiger partial charge in [-0.25, -0.2) is 4.79 Å². The van der Waals surface area contributed by atoms with Crippen molar-refractivity contribution in [3.8, 4) is 11.8 Å². The number of carbonyl (C=O) groups is 2. The normalized spacial score (nSPS) is 10.8. The highest BCUT2D eigenvalue weighted by Gasteiger charge is 2.09. The van der Waals surface area contributed by atoms with Crippen LogP contribution < -0.4 is 10.1 Å². The van der Waals surface area contributed by atoms with E-state index in [2.05, 4.69) is 10.1 Å². The molecule has 0 bridgehead atoms. The third-order valence-electron chi connectivity index (χ3n) is 4.70. The summed E-state index contributed by atoms with van der Waals surface area (Å²) in [4.78, 5) is 23.8. The summed E-state index contributed by atoms with van der Waals surface area (Å²) in [6.07, 6.45) is 1.52. The van der Waals surface area contributed by atoms with Gasteiger partial charge in [0.1, 0.15) is 24.0 Å². The molecule has 3 rings (SSSR count). The number of rotatable bonds is 8. The van der Waals surface area contributed by atoms with Gasteiger partial charge in [-0.2, -0.15) is 5.26 Å². The molecule has 0 saturated carbocycles. The highest BCUT2D eigenvalue weighted by Crippen LogP contribution is 2.17. The second-order valence-corrected chi connectivity index (χ2v) is 7.46. The molecule has 0 spiro atoms. The molecule has 0 aliphatic carbocycles. The second-order valence-electron chi connectivity index (χ2n) is 7.03. The van der Waals surface area contributed by atoms with E-state index in [1.54, 1.807) is 60.7 Å². The van der Waals surface area contributed by atoms with E-state index in [9.17, 15) is 14.9 Å². The van der Waals surface area contributed by atoms with Gasteiger partial charge in [-0.1, -0.05) is 48.0 Å². The predicted molar refractivity (Wildman–Crippen MR) is 125 cm³/mol. The van der Waals surface area contributed by atoms with Crippen LogP contribution in [0.15, 0.2) is 78.4 Å². The molecule has 0 unspecified atom stereocenters. The van der Waals surface area contributed by atoms with Crippen molar-refractivity contribution >= 4 is 29.6 Å². The molecule has 6 nitrogen and oxygen atoms in total. The molecular formula is C26H21ClN2O4. The summed E-state index contributed by atoms with van der Waals surface area (Å²) in [6, 6.07) is 23.0. The average Bonchev–Trinajstić information content (AvgIpc) is 2.86. The third kappa shape index (κ3) is 6.96. The van der Waals surface area contributed by atoms with Gasteiger partial charge in [-0.15, -0.1) is 0 Å². The van der Waals surface area contributed by atoms with Gasteiger partial charge in [-0.05, 0) is 59.2 Å². The zero-order valence-corrected chi connectivity index (χ0v) is 18.6. The molecule has 0 aliphatic rings. The molecule has 0 aliphatic heterocycles. The molecular weight excluding hydrogens is 440 g/mol. The van der Waals surface area contributed by atoms with Crippen molar-refractivity contribution in [3.63, 3.8) is 0 Å². The van der Waals surface area contributed by atoms with Gasteiger partial charge in [0, 0.05) is 11.6 Å². The van der Waals surface area contributed by atoms with Gasteiger partial charge >= 0.3 is 5.97 Å². The minimum Gasteiger partial charge on any atom is -0.489 e. The summed E-state index contributed by atoms with van der Waals surface area (Å²) in [6.45, 7) is 0.621. The first-order valence-corrected chi connectivity index (χ1v) is 10.4. The topological polar surface area (TPSA) is 88.4 Å². The number of hydrogen-bond donors (Lipinski definition) is 1. The second kappa shape index (κ2) is 11.5. The lowest BCUT2D eigenvalue weighted by Crippen LogP contribution is -2.23. The lowest BCUT2D eigenvalue weighted by Gasteiger charge is -2.08. The van der Waals surface area contributed by atoms with Crippen LogP contribution in [0.25, 0.3) is 6.08 Å². The smallest absolute Gasteiger partial charge is 0.337 e. The predicted octanol–water partition coefficient (Wildman–Crippen LogP) is 4.93. The first-order valence-electron chi connectivity index (χ1n) is 10.0. The lowest BCUT2D eigenvalue weighted by atomic mass is 10.1. The zero-order chi connectivity index (χ0) is 23.6. The number of halogens is 1. The number of nitriles is 1. The van der Waals surface area contributed by atoms with Crippen molar-refractivity contribution in [2.24, 2.45) is 0 Å². The maximum Gasteiger partial charge on any atom is 0.337 e. The van der Waals surface area contributed by atoms with Crippen LogP contribution in [0.2, 0.25) is 5.02 Å². The fourth-order valence-electron chi connectivity index (χ4n) is 2.88. The first kappa shape index (κ1) is 23.6. The summed E-state index contributed by atoms with van der Waals surface area (Å²) in [5.74, 6) is -0.209. The van der Waals surface area contributed by atoms with Crippen LogP contribution in [0.3, 0.4) is 0 Å². The number of ether oxygens (including phenoxy) is 2. The number of nitrogens with one attached hydrogen (secondary N) is 1. The fraction of sp³-hybridized carbons (Fsp3) is 0.115. The van der Waals surface area contributed by atoms with Gasteiger partial charge < -0.3 is 14.8 Å². The Hall–Kier alpha value is -4.08. The molecule has 0 saturated heterocycles. The molecule has 0 atom stereocenters. The van der Waals surface area contributed by atoms with Crippen LogP contribution in [0, 0.1) is 11.3 Å². The number of hydrogen-bond acceptors (Lipinski definition) is 5. The molecule has 0 aromatic heterocycles. The Labute approximate surface area is 197 Å². The molecule has 1 N–H and O–H groups in total. The van der Waals surface area contributed by atoms with Crippen molar-refractivity contribution in [1.29, 1.82) is 5.26 Å². The maximum atomic E-state index is 12.3. The highest BCUT2D eigenvalue weighted by atomic mass is 35.5. The zero-order valence-electron chi connectivity index (χ0n) is 17.9. The number of carbonyl (C=O) groups excluding carboxylic acids is 2. The minimum absolute atomic E-state index is 0.00308. The van der Waals surface area contributed by atoms with Gasteiger partial charge in [-0.3, -0.25) is 4.79 Å². The van der Waals surface area contributed by atoms with Crippen molar-refractivity contribution in [2.75, 3.05) is 7.11 Å². The summed E-state index contributed by atoms with van der Waals surface area (Å²) >= 11 is 5.86. The SMILES string of the molecule is COC(=O)c1ccc(COc2ccc(/C=C(\C#N)C(=O)NCc3ccc(Cl)cc3)cc2)cc1. The Balaban J connectivity index is 1.56. The largest absolute Gasteiger partial charge is 0.489 e. The van der Waals surface area contributed by atoms with Crippen LogP contribution >= 0.6 is 11.6 Å². The van der Waals surface area contributed by atoms with E-state index in [0.717, 1.165) is 11.1 Å². The molecule has 7 heteroatoms. The highest BCUT2D eigenvalue weighted by molar-refractivity contribution is 6.30. The van der Waals surface area contributed by atoms with Crippen LogP contribution in [0.5, 0.6) is 5.75 Å². The number of methoxy groups -OCH3 is 1. The van der Waals surface area contributed by atoms with Crippen LogP contribution in [-0.4, -0.2) is 19.0 Å². The molecule has 0 fully saturated rings. The molecule has 1 amide bonds. The quantitative estimate of drug-likeness (QED) is 0.292. The van der Waals surface area contributed by atoms with E-state index in [4.69, 9.17) is 16.3 Å². The summed E-state index contributed by atoms with van der Waals surface area (Å²) in [7, 11) is 1.34. The Bertz CT molecular complexity index is 1180. The van der Waals surface area contributed by atoms with Crippen LogP contribution in [-0.2, 0) is 22.7 Å². The lowest BCUT2D eigenvalue weighted by molar-refractivity contribution is -0.117. The fourth-order valence-corrected chi connectivity index (χ4v) is 3.00. The molecule has 3 aromatic carbocycles. The monoisotopic (exact) mass is 460 g/mol. The minimum atomic E-state index is -0.455. The van der Waals surface area contributed by atoms with Crippen LogP contribution in [0.4, 0.5) is 0 Å². The molecule has 3 aromatic rings. The Kier molecular flexibility index (Phi) is 8.23. The van der Waals surface area contributed by atoms with E-state index in [1.807, 2.05) is 18.2 Å². The van der Waals surface area contributed by atoms with Gasteiger partial charge in [0.2, 0.25) is 0 Å². The van der Waals surface area contributed by atoms with Gasteiger partial charge in [0.05, 0.1) is 12.7 Å². The van der Waals surface area contributed by atoms with E-state index < -0.39 is 5.91 Å². The standard InChI is InChI=1S/C26H21ClN2O4/c1-32-26(31)21-8-2-20(3-9-21)17-33-24-12-6-18(7-13-24)14-22(15-28)25(30)29-16-19-4-10-23(27)11-5-19/h2-14H,16-17H2,1H3,(H,29,30)/b22-14+. The van der Waals surface area contributed by atoms with Crippen molar-refractivity contribution < 1.29 is 19.1 Å². The third-order valence-corrected chi connectivity index (χ3v) is 4.96. The molecule has 33 heavy (non-hydrogen) atoms. The Morgan fingerprint density at radius 1 is 0.970 bits per heavy atom. The molecule has 0 heterocycles. The van der Waals surface area contributed by atoms with Crippen LogP contribution in [0.1, 0.15) is 27.0 Å². The Morgan fingerprint density at radius 2 is 1.61 bits per heavy atom. The van der Waals surface area contributed by atoms with Gasteiger partial charge in [0.25, 0.3) is 5.91 Å². The number of amides is 1. The van der Waals surface area contributed by atoms with E-state index in [0.29, 0.717) is 35.1 Å². The van der Waals surface area contributed by atoms with E-state index >= 15 is 0 Å². The molecule has 0 radical (unpaired) electrons.